The van der Waals surface area contributed by atoms with Crippen LogP contribution in [0.1, 0.15) is 5.56 Å². The predicted molar refractivity (Wildman–Crippen MR) is 83.3 cm³/mol. The van der Waals surface area contributed by atoms with E-state index in [-0.39, 0.29) is 15.6 Å². The number of anilines is 1. The molecule has 0 aromatic heterocycles. The molecule has 0 aliphatic rings. The average Bonchev–Trinajstić information content (AvgIpc) is 2.42. The Labute approximate surface area is 132 Å². The van der Waals surface area contributed by atoms with E-state index in [1.807, 2.05) is 6.92 Å². The zero-order valence-corrected chi connectivity index (χ0v) is 13.2. The lowest BCUT2D eigenvalue weighted by atomic mass is 10.2. The van der Waals surface area contributed by atoms with Crippen LogP contribution in [0.15, 0.2) is 47.4 Å². The Balaban J connectivity index is 2.12. The predicted octanol–water partition coefficient (Wildman–Crippen LogP) is 3.20. The van der Waals surface area contributed by atoms with Crippen molar-refractivity contribution in [3.8, 4) is 0 Å². The highest BCUT2D eigenvalue weighted by Gasteiger charge is 2.19. The third-order valence-electron chi connectivity index (χ3n) is 2.91. The van der Waals surface area contributed by atoms with Gasteiger partial charge in [-0.2, -0.15) is 0 Å². The maximum atomic E-state index is 12.9. The number of aryl methyl sites for hydroxylation is 1. The van der Waals surface area contributed by atoms with Crippen LogP contribution in [0, 0.1) is 12.7 Å². The van der Waals surface area contributed by atoms with Crippen molar-refractivity contribution >= 4 is 33.0 Å². The molecule has 4 nitrogen and oxygen atoms in total. The van der Waals surface area contributed by atoms with Gasteiger partial charge in [0.05, 0.1) is 15.6 Å². The SMILES string of the molecule is Cc1ccc(S(=O)(=O)CC(=O)Nc2ccc(F)cc2Cl)cc1. The van der Waals surface area contributed by atoms with Crippen LogP contribution in [0.25, 0.3) is 0 Å². The molecule has 0 unspecified atom stereocenters. The van der Waals surface area contributed by atoms with Gasteiger partial charge in [0.1, 0.15) is 11.6 Å². The molecular weight excluding hydrogens is 329 g/mol. The van der Waals surface area contributed by atoms with Crippen molar-refractivity contribution in [2.24, 2.45) is 0 Å². The third kappa shape index (κ3) is 4.05. The summed E-state index contributed by atoms with van der Waals surface area (Å²) in [6, 6.07) is 9.63. The topological polar surface area (TPSA) is 63.2 Å². The summed E-state index contributed by atoms with van der Waals surface area (Å²) in [5.74, 6) is -2.01. The fourth-order valence-corrected chi connectivity index (χ4v) is 3.13. The Kier molecular flexibility index (Phi) is 4.83. The van der Waals surface area contributed by atoms with E-state index in [0.29, 0.717) is 0 Å². The molecule has 2 aromatic rings. The van der Waals surface area contributed by atoms with Gasteiger partial charge in [0.25, 0.3) is 0 Å². The Morgan fingerprint density at radius 1 is 1.18 bits per heavy atom. The summed E-state index contributed by atoms with van der Waals surface area (Å²) in [5.41, 5.74) is 1.08. The van der Waals surface area contributed by atoms with E-state index in [4.69, 9.17) is 11.6 Å². The van der Waals surface area contributed by atoms with Crippen LogP contribution in [-0.4, -0.2) is 20.1 Å². The number of nitrogens with one attached hydrogen (secondary N) is 1. The molecule has 0 fully saturated rings. The first kappa shape index (κ1) is 16.5. The number of hydrogen-bond donors (Lipinski definition) is 1. The van der Waals surface area contributed by atoms with Crippen LogP contribution in [0.4, 0.5) is 10.1 Å². The lowest BCUT2D eigenvalue weighted by molar-refractivity contribution is -0.113. The monoisotopic (exact) mass is 341 g/mol. The number of amides is 1. The van der Waals surface area contributed by atoms with Crippen LogP contribution >= 0.6 is 11.6 Å². The summed E-state index contributed by atoms with van der Waals surface area (Å²) < 4.78 is 37.2. The van der Waals surface area contributed by atoms with E-state index >= 15 is 0 Å². The molecule has 0 heterocycles. The highest BCUT2D eigenvalue weighted by Crippen LogP contribution is 2.22. The molecule has 1 N–H and O–H groups in total. The minimum absolute atomic E-state index is 0.00100. The van der Waals surface area contributed by atoms with Crippen molar-refractivity contribution in [3.05, 3.63) is 58.9 Å². The smallest absolute Gasteiger partial charge is 0.240 e. The molecule has 7 heteroatoms. The van der Waals surface area contributed by atoms with E-state index < -0.39 is 27.3 Å². The van der Waals surface area contributed by atoms with Crippen LogP contribution in [0.3, 0.4) is 0 Å². The number of hydrogen-bond acceptors (Lipinski definition) is 3. The molecule has 0 radical (unpaired) electrons. The fourth-order valence-electron chi connectivity index (χ4n) is 1.78. The fraction of sp³-hybridized carbons (Fsp3) is 0.133. The molecule has 116 valence electrons. The summed E-state index contributed by atoms with van der Waals surface area (Å²) in [5, 5.41) is 2.36. The first-order valence-corrected chi connectivity index (χ1v) is 8.35. The van der Waals surface area contributed by atoms with Crippen molar-refractivity contribution in [1.82, 2.24) is 0 Å². The van der Waals surface area contributed by atoms with Crippen LogP contribution in [0.5, 0.6) is 0 Å². The van der Waals surface area contributed by atoms with Gasteiger partial charge in [-0.15, -0.1) is 0 Å². The van der Waals surface area contributed by atoms with Crippen LogP contribution < -0.4 is 5.32 Å². The molecule has 0 saturated heterocycles. The van der Waals surface area contributed by atoms with Gasteiger partial charge in [-0.05, 0) is 37.3 Å². The quantitative estimate of drug-likeness (QED) is 0.928. The highest BCUT2D eigenvalue weighted by atomic mass is 35.5. The molecule has 0 aliphatic carbocycles. The number of carbonyl (C=O) groups excluding carboxylic acids is 1. The Morgan fingerprint density at radius 3 is 2.41 bits per heavy atom. The first-order valence-electron chi connectivity index (χ1n) is 6.32. The van der Waals surface area contributed by atoms with Gasteiger partial charge in [0.2, 0.25) is 5.91 Å². The number of benzene rings is 2. The van der Waals surface area contributed by atoms with Crippen LogP contribution in [-0.2, 0) is 14.6 Å². The van der Waals surface area contributed by atoms with Gasteiger partial charge in [-0.1, -0.05) is 29.3 Å². The Hall–Kier alpha value is -1.92. The van der Waals surface area contributed by atoms with Gasteiger partial charge in [0.15, 0.2) is 9.84 Å². The summed E-state index contributed by atoms with van der Waals surface area (Å²) >= 11 is 5.78. The first-order chi connectivity index (χ1) is 10.3. The molecular formula is C15H13ClFNO3S. The van der Waals surface area contributed by atoms with Gasteiger partial charge in [-0.3, -0.25) is 4.79 Å². The summed E-state index contributed by atoms with van der Waals surface area (Å²) in [7, 11) is -3.75. The molecule has 0 atom stereocenters. The second kappa shape index (κ2) is 6.46. The second-order valence-corrected chi connectivity index (χ2v) is 7.14. The standard InChI is InChI=1S/C15H13ClFNO3S/c1-10-2-5-12(6-3-10)22(20,21)9-15(19)18-14-7-4-11(17)8-13(14)16/h2-8H,9H2,1H3,(H,18,19). The summed E-state index contributed by atoms with van der Waals surface area (Å²) in [6.07, 6.45) is 0. The third-order valence-corrected chi connectivity index (χ3v) is 4.85. The van der Waals surface area contributed by atoms with E-state index in [9.17, 15) is 17.6 Å². The molecule has 0 aliphatic heterocycles. The van der Waals surface area contributed by atoms with Crippen molar-refractivity contribution < 1.29 is 17.6 Å². The summed E-state index contributed by atoms with van der Waals surface area (Å²) in [6.45, 7) is 1.83. The van der Waals surface area contributed by atoms with E-state index in [1.165, 1.54) is 18.2 Å². The molecule has 22 heavy (non-hydrogen) atoms. The van der Waals surface area contributed by atoms with Gasteiger partial charge in [0, 0.05) is 0 Å². The lowest BCUT2D eigenvalue weighted by Gasteiger charge is -2.08. The maximum Gasteiger partial charge on any atom is 0.240 e. The average molecular weight is 342 g/mol. The minimum Gasteiger partial charge on any atom is -0.324 e. The molecule has 2 aromatic carbocycles. The molecule has 2 rings (SSSR count). The zero-order valence-electron chi connectivity index (χ0n) is 11.6. The van der Waals surface area contributed by atoms with Gasteiger partial charge >= 0.3 is 0 Å². The Bertz CT molecular complexity index is 804. The minimum atomic E-state index is -3.75. The molecule has 0 bridgehead atoms. The molecule has 1 amide bonds. The number of halogens is 2. The maximum absolute atomic E-state index is 12.9. The van der Waals surface area contributed by atoms with Crippen LogP contribution in [0.2, 0.25) is 5.02 Å². The number of rotatable bonds is 4. The van der Waals surface area contributed by atoms with E-state index in [0.717, 1.165) is 17.7 Å². The lowest BCUT2D eigenvalue weighted by Crippen LogP contribution is -2.23. The van der Waals surface area contributed by atoms with Gasteiger partial charge < -0.3 is 5.32 Å². The van der Waals surface area contributed by atoms with E-state index in [2.05, 4.69) is 5.32 Å². The molecule has 0 saturated carbocycles. The van der Waals surface area contributed by atoms with Crippen molar-refractivity contribution in [2.75, 3.05) is 11.1 Å². The number of sulfone groups is 1. The highest BCUT2D eigenvalue weighted by molar-refractivity contribution is 7.92. The van der Waals surface area contributed by atoms with Gasteiger partial charge in [-0.25, -0.2) is 12.8 Å². The second-order valence-electron chi connectivity index (χ2n) is 4.74. The normalized spacial score (nSPS) is 11.2. The summed E-state index contributed by atoms with van der Waals surface area (Å²) in [4.78, 5) is 11.9. The zero-order chi connectivity index (χ0) is 16.3. The number of carbonyl (C=O) groups is 1. The van der Waals surface area contributed by atoms with Crippen molar-refractivity contribution in [1.29, 1.82) is 0 Å². The Morgan fingerprint density at radius 2 is 1.82 bits per heavy atom. The van der Waals surface area contributed by atoms with E-state index in [1.54, 1.807) is 12.1 Å². The largest absolute Gasteiger partial charge is 0.324 e. The van der Waals surface area contributed by atoms with Crippen molar-refractivity contribution in [2.45, 2.75) is 11.8 Å². The molecule has 0 spiro atoms. The van der Waals surface area contributed by atoms with Crippen molar-refractivity contribution in [3.63, 3.8) is 0 Å².